The fraction of sp³-hybridized carbons (Fsp3) is 0.462. The van der Waals surface area contributed by atoms with Gasteiger partial charge in [0.2, 0.25) is 0 Å². The first-order valence-electron chi connectivity index (χ1n) is 11.2. The normalized spacial score (nSPS) is 26.8. The van der Waals surface area contributed by atoms with Crippen LogP contribution in [0, 0.1) is 11.8 Å². The van der Waals surface area contributed by atoms with E-state index in [1.165, 1.54) is 25.7 Å². The Labute approximate surface area is 177 Å². The van der Waals surface area contributed by atoms with Gasteiger partial charge in [0.1, 0.15) is 0 Å². The summed E-state index contributed by atoms with van der Waals surface area (Å²) in [6.07, 6.45) is 8.93. The van der Waals surface area contributed by atoms with Crippen molar-refractivity contribution in [2.24, 2.45) is 11.8 Å². The van der Waals surface area contributed by atoms with E-state index in [0.29, 0.717) is 34.8 Å². The van der Waals surface area contributed by atoms with Crippen LogP contribution >= 0.6 is 0 Å². The Balaban J connectivity index is 1.34. The number of carboxylic acid groups (broad SMARTS) is 2. The summed E-state index contributed by atoms with van der Waals surface area (Å²) in [6, 6.07) is 14.9. The van der Waals surface area contributed by atoms with Gasteiger partial charge in [-0.25, -0.2) is 9.59 Å². The summed E-state index contributed by atoms with van der Waals surface area (Å²) in [5.41, 5.74) is 2.91. The van der Waals surface area contributed by atoms with Gasteiger partial charge in [0, 0.05) is 0 Å². The van der Waals surface area contributed by atoms with Crippen LogP contribution in [0.5, 0.6) is 0 Å². The van der Waals surface area contributed by atoms with Crippen LogP contribution in [0.3, 0.4) is 0 Å². The van der Waals surface area contributed by atoms with E-state index in [4.69, 9.17) is 0 Å². The monoisotopic (exact) mass is 406 g/mol. The van der Waals surface area contributed by atoms with Gasteiger partial charge in [-0.3, -0.25) is 0 Å². The minimum atomic E-state index is -0.826. The highest BCUT2D eigenvalue weighted by Crippen LogP contribution is 2.46. The zero-order valence-corrected chi connectivity index (χ0v) is 17.3. The largest absolute Gasteiger partial charge is 0.478 e. The number of hydrogen-bond acceptors (Lipinski definition) is 2. The summed E-state index contributed by atoms with van der Waals surface area (Å²) in [5, 5.41) is 19.0. The van der Waals surface area contributed by atoms with Crippen molar-refractivity contribution in [3.8, 4) is 0 Å². The molecule has 30 heavy (non-hydrogen) atoms. The summed E-state index contributed by atoms with van der Waals surface area (Å²) in [7, 11) is 0. The van der Waals surface area contributed by atoms with E-state index in [2.05, 4.69) is 0 Å². The highest BCUT2D eigenvalue weighted by Gasteiger charge is 2.33. The molecule has 0 atom stereocenters. The maximum Gasteiger partial charge on any atom is 0.335 e. The van der Waals surface area contributed by atoms with Crippen molar-refractivity contribution in [1.82, 2.24) is 0 Å². The van der Waals surface area contributed by atoms with E-state index < -0.39 is 11.9 Å². The Morgan fingerprint density at radius 3 is 1.23 bits per heavy atom. The molecule has 4 nitrogen and oxygen atoms in total. The average molecular weight is 407 g/mol. The third kappa shape index (κ3) is 4.28. The summed E-state index contributed by atoms with van der Waals surface area (Å²) >= 11 is 0. The molecule has 0 aromatic heterocycles. The van der Waals surface area contributed by atoms with Crippen LogP contribution in [0.15, 0.2) is 48.5 Å². The lowest BCUT2D eigenvalue weighted by atomic mass is 9.67. The molecule has 0 saturated heterocycles. The first kappa shape index (κ1) is 20.6. The van der Waals surface area contributed by atoms with Gasteiger partial charge in [0.15, 0.2) is 0 Å². The second-order valence-electron chi connectivity index (χ2n) is 9.01. The fourth-order valence-corrected chi connectivity index (χ4v) is 5.90. The summed E-state index contributed by atoms with van der Waals surface area (Å²) in [4.78, 5) is 23.1. The summed E-state index contributed by atoms with van der Waals surface area (Å²) in [6.45, 7) is 0. The molecule has 2 aromatic carbocycles. The van der Waals surface area contributed by atoms with Crippen molar-refractivity contribution < 1.29 is 19.8 Å². The number of hydrogen-bond donors (Lipinski definition) is 2. The second-order valence-corrected chi connectivity index (χ2v) is 9.01. The van der Waals surface area contributed by atoms with Gasteiger partial charge in [-0.15, -0.1) is 0 Å². The van der Waals surface area contributed by atoms with Crippen LogP contribution in [-0.4, -0.2) is 22.2 Å². The van der Waals surface area contributed by atoms with Crippen LogP contribution in [0.1, 0.15) is 95.0 Å². The van der Waals surface area contributed by atoms with Crippen molar-refractivity contribution in [2.45, 2.75) is 63.2 Å². The first-order chi connectivity index (χ1) is 14.5. The molecule has 0 unspecified atom stereocenters. The fourth-order valence-electron chi connectivity index (χ4n) is 5.90. The van der Waals surface area contributed by atoms with E-state index in [9.17, 15) is 19.8 Å². The van der Waals surface area contributed by atoms with Gasteiger partial charge < -0.3 is 10.2 Å². The van der Waals surface area contributed by atoms with E-state index >= 15 is 0 Å². The predicted molar refractivity (Wildman–Crippen MR) is 116 cm³/mol. The smallest absolute Gasteiger partial charge is 0.335 e. The van der Waals surface area contributed by atoms with Gasteiger partial charge in [-0.2, -0.15) is 0 Å². The molecule has 2 N–H and O–H groups in total. The first-order valence-corrected chi connectivity index (χ1v) is 11.2. The van der Waals surface area contributed by atoms with Crippen molar-refractivity contribution in [2.75, 3.05) is 0 Å². The lowest BCUT2D eigenvalue weighted by molar-refractivity contribution is 0.0682. The second kappa shape index (κ2) is 9.03. The predicted octanol–water partition coefficient (Wildman–Crippen LogP) is 6.33. The highest BCUT2D eigenvalue weighted by atomic mass is 16.4. The average Bonchev–Trinajstić information content (AvgIpc) is 2.79. The van der Waals surface area contributed by atoms with E-state index in [0.717, 1.165) is 36.8 Å². The Bertz CT molecular complexity index is 827. The molecule has 0 bridgehead atoms. The third-order valence-electron chi connectivity index (χ3n) is 7.47. The molecule has 0 radical (unpaired) electrons. The Morgan fingerprint density at radius 2 is 0.900 bits per heavy atom. The minimum absolute atomic E-state index is 0.354. The van der Waals surface area contributed by atoms with Crippen LogP contribution in [0.25, 0.3) is 0 Å². The molecule has 4 heteroatoms. The number of carbonyl (C=O) groups is 2. The van der Waals surface area contributed by atoms with Gasteiger partial charge >= 0.3 is 11.9 Å². The molecule has 0 aliphatic heterocycles. The third-order valence-corrected chi connectivity index (χ3v) is 7.47. The summed E-state index contributed by atoms with van der Waals surface area (Å²) < 4.78 is 0. The Morgan fingerprint density at radius 1 is 0.567 bits per heavy atom. The standard InChI is InChI=1S/C26H30O4/c27-25(28)23-7-3-1-5-21(23)19-13-9-17(10-14-19)18-11-15-20(16-12-18)22-6-2-4-8-24(22)26(29)30/h1-8,17-20H,9-16H2,(H,27,28)(H,29,30). The maximum atomic E-state index is 11.6. The van der Waals surface area contributed by atoms with Crippen LogP contribution in [-0.2, 0) is 0 Å². The van der Waals surface area contributed by atoms with Crippen molar-refractivity contribution in [3.05, 3.63) is 70.8 Å². The van der Waals surface area contributed by atoms with Gasteiger partial charge in [0.25, 0.3) is 0 Å². The number of carboxylic acids is 2. The molecule has 2 aromatic rings. The molecule has 2 fully saturated rings. The molecule has 0 spiro atoms. The molecule has 0 amide bonds. The quantitative estimate of drug-likeness (QED) is 0.608. The highest BCUT2D eigenvalue weighted by molar-refractivity contribution is 5.90. The topological polar surface area (TPSA) is 74.6 Å². The Hall–Kier alpha value is -2.62. The van der Waals surface area contributed by atoms with E-state index in [1.807, 2.05) is 24.3 Å². The van der Waals surface area contributed by atoms with Crippen molar-refractivity contribution in [3.63, 3.8) is 0 Å². The molecule has 0 heterocycles. The van der Waals surface area contributed by atoms with Crippen LogP contribution < -0.4 is 0 Å². The number of benzene rings is 2. The molecule has 2 aliphatic carbocycles. The van der Waals surface area contributed by atoms with Crippen LogP contribution in [0.2, 0.25) is 0 Å². The van der Waals surface area contributed by atoms with Crippen LogP contribution in [0.4, 0.5) is 0 Å². The number of rotatable bonds is 5. The molecular weight excluding hydrogens is 376 g/mol. The molecule has 2 saturated carbocycles. The van der Waals surface area contributed by atoms with Gasteiger partial charge in [-0.05, 0) is 98.3 Å². The van der Waals surface area contributed by atoms with E-state index in [-0.39, 0.29) is 0 Å². The van der Waals surface area contributed by atoms with Crippen molar-refractivity contribution in [1.29, 1.82) is 0 Å². The SMILES string of the molecule is O=C(O)c1ccccc1C1CCC(C2CCC(c3ccccc3C(=O)O)CC2)CC1. The zero-order chi connectivity index (χ0) is 21.1. The molecule has 2 aliphatic rings. The lowest BCUT2D eigenvalue weighted by Crippen LogP contribution is -2.25. The Kier molecular flexibility index (Phi) is 6.21. The van der Waals surface area contributed by atoms with E-state index in [1.54, 1.807) is 24.3 Å². The molecule has 4 rings (SSSR count). The molecule has 158 valence electrons. The zero-order valence-electron chi connectivity index (χ0n) is 17.3. The van der Waals surface area contributed by atoms with Gasteiger partial charge in [0.05, 0.1) is 11.1 Å². The minimum Gasteiger partial charge on any atom is -0.478 e. The van der Waals surface area contributed by atoms with Gasteiger partial charge in [-0.1, -0.05) is 36.4 Å². The van der Waals surface area contributed by atoms with Crippen molar-refractivity contribution >= 4 is 11.9 Å². The number of aromatic carboxylic acids is 2. The maximum absolute atomic E-state index is 11.6. The lowest BCUT2D eigenvalue weighted by Gasteiger charge is -2.38. The summed E-state index contributed by atoms with van der Waals surface area (Å²) in [5.74, 6) is 0.489. The molecular formula is C26H30O4.